The molecule has 0 bridgehead atoms. The highest BCUT2D eigenvalue weighted by Crippen LogP contribution is 2.44. The lowest BCUT2D eigenvalue weighted by atomic mass is 9.88. The van der Waals surface area contributed by atoms with Gasteiger partial charge < -0.3 is 14.6 Å². The van der Waals surface area contributed by atoms with Gasteiger partial charge in [-0.2, -0.15) is 0 Å². The van der Waals surface area contributed by atoms with Gasteiger partial charge in [-0.25, -0.2) is 0 Å². The first-order chi connectivity index (χ1) is 9.46. The third kappa shape index (κ3) is 2.50. The van der Waals surface area contributed by atoms with Crippen molar-refractivity contribution in [3.8, 4) is 11.5 Å². The van der Waals surface area contributed by atoms with Gasteiger partial charge in [-0.1, -0.05) is 6.07 Å². The second-order valence-corrected chi connectivity index (χ2v) is 6.49. The van der Waals surface area contributed by atoms with E-state index in [1.807, 2.05) is 6.07 Å². The van der Waals surface area contributed by atoms with E-state index < -0.39 is 0 Å². The van der Waals surface area contributed by atoms with Gasteiger partial charge in [0.15, 0.2) is 0 Å². The number of aromatic hydroxyl groups is 1. The van der Waals surface area contributed by atoms with E-state index >= 15 is 0 Å². The van der Waals surface area contributed by atoms with Gasteiger partial charge in [0.05, 0.1) is 6.61 Å². The Morgan fingerprint density at radius 3 is 2.85 bits per heavy atom. The van der Waals surface area contributed by atoms with Gasteiger partial charge in [-0.05, 0) is 33.4 Å². The first kappa shape index (κ1) is 13.7. The summed E-state index contributed by atoms with van der Waals surface area (Å²) in [5, 5.41) is 9.68. The van der Waals surface area contributed by atoms with E-state index in [0.717, 1.165) is 37.4 Å². The molecule has 1 N–H and O–H groups in total. The van der Waals surface area contributed by atoms with Gasteiger partial charge >= 0.3 is 0 Å². The van der Waals surface area contributed by atoms with Gasteiger partial charge in [-0.3, -0.25) is 4.90 Å². The standard InChI is InChI=1S/C16H23NO3/c1-16(2)9-14(17(3)11-6-7-19-10-11)13-5-4-12(18)8-15(13)20-16/h4-5,8,11,14,18H,6-7,9-10H2,1-3H3. The molecule has 1 aromatic rings. The highest BCUT2D eigenvalue weighted by atomic mass is 16.5. The molecule has 2 atom stereocenters. The molecule has 1 aromatic carbocycles. The van der Waals surface area contributed by atoms with Crippen LogP contribution in [0, 0.1) is 0 Å². The molecule has 1 saturated heterocycles. The van der Waals surface area contributed by atoms with Crippen LogP contribution in [-0.2, 0) is 4.74 Å². The van der Waals surface area contributed by atoms with Crippen LogP contribution in [0.3, 0.4) is 0 Å². The maximum absolute atomic E-state index is 9.68. The number of fused-ring (bicyclic) bond motifs is 1. The minimum Gasteiger partial charge on any atom is -0.508 e. The lowest BCUT2D eigenvalue weighted by Crippen LogP contribution is -2.43. The fourth-order valence-electron chi connectivity index (χ4n) is 3.26. The van der Waals surface area contributed by atoms with Gasteiger partial charge in [0.25, 0.3) is 0 Å². The van der Waals surface area contributed by atoms with Crippen molar-refractivity contribution < 1.29 is 14.6 Å². The molecule has 20 heavy (non-hydrogen) atoms. The smallest absolute Gasteiger partial charge is 0.128 e. The number of rotatable bonds is 2. The zero-order valence-corrected chi connectivity index (χ0v) is 12.4. The summed E-state index contributed by atoms with van der Waals surface area (Å²) in [6.45, 7) is 5.86. The van der Waals surface area contributed by atoms with Crippen LogP contribution < -0.4 is 4.74 Å². The zero-order valence-electron chi connectivity index (χ0n) is 12.4. The van der Waals surface area contributed by atoms with Crippen molar-refractivity contribution in [2.75, 3.05) is 20.3 Å². The van der Waals surface area contributed by atoms with E-state index in [0.29, 0.717) is 12.1 Å². The molecule has 2 aliphatic heterocycles. The van der Waals surface area contributed by atoms with Crippen LogP contribution in [-0.4, -0.2) is 41.9 Å². The van der Waals surface area contributed by atoms with Crippen LogP contribution in [0.1, 0.15) is 38.3 Å². The SMILES string of the molecule is CN(C1CCOC1)C1CC(C)(C)Oc2cc(O)ccc21. The second-order valence-electron chi connectivity index (χ2n) is 6.49. The zero-order chi connectivity index (χ0) is 14.3. The summed E-state index contributed by atoms with van der Waals surface area (Å²) in [6, 6.07) is 6.22. The molecular weight excluding hydrogens is 254 g/mol. The van der Waals surface area contributed by atoms with Crippen LogP contribution in [0.25, 0.3) is 0 Å². The highest BCUT2D eigenvalue weighted by Gasteiger charge is 2.38. The summed E-state index contributed by atoms with van der Waals surface area (Å²) in [7, 11) is 2.17. The number of phenols is 1. The molecule has 2 unspecified atom stereocenters. The highest BCUT2D eigenvalue weighted by molar-refractivity contribution is 5.44. The molecule has 0 aromatic heterocycles. The van der Waals surface area contributed by atoms with Crippen LogP contribution in [0.5, 0.6) is 11.5 Å². The van der Waals surface area contributed by atoms with E-state index in [-0.39, 0.29) is 11.4 Å². The number of benzene rings is 1. The van der Waals surface area contributed by atoms with E-state index in [1.54, 1.807) is 12.1 Å². The molecule has 0 aliphatic carbocycles. The van der Waals surface area contributed by atoms with Crippen LogP contribution in [0.4, 0.5) is 0 Å². The van der Waals surface area contributed by atoms with Gasteiger partial charge in [-0.15, -0.1) is 0 Å². The molecule has 0 saturated carbocycles. The fourth-order valence-corrected chi connectivity index (χ4v) is 3.26. The summed E-state index contributed by atoms with van der Waals surface area (Å²) in [4.78, 5) is 2.41. The number of hydrogen-bond acceptors (Lipinski definition) is 4. The lowest BCUT2D eigenvalue weighted by Gasteiger charge is -2.43. The number of phenolic OH excluding ortho intramolecular Hbond substituents is 1. The van der Waals surface area contributed by atoms with Crippen LogP contribution in [0.15, 0.2) is 18.2 Å². The maximum atomic E-state index is 9.68. The molecule has 3 rings (SSSR count). The summed E-state index contributed by atoms with van der Waals surface area (Å²) in [6.07, 6.45) is 2.03. The normalized spacial score (nSPS) is 28.2. The van der Waals surface area contributed by atoms with Crippen molar-refractivity contribution in [2.45, 2.75) is 44.4 Å². The van der Waals surface area contributed by atoms with Crippen LogP contribution >= 0.6 is 0 Å². The molecule has 2 heterocycles. The lowest BCUT2D eigenvalue weighted by molar-refractivity contribution is 0.0226. The average molecular weight is 277 g/mol. The Morgan fingerprint density at radius 1 is 1.35 bits per heavy atom. The monoisotopic (exact) mass is 277 g/mol. The molecule has 110 valence electrons. The van der Waals surface area contributed by atoms with Gasteiger partial charge in [0, 0.05) is 36.7 Å². The van der Waals surface area contributed by atoms with E-state index in [1.165, 1.54) is 0 Å². The number of hydrogen-bond donors (Lipinski definition) is 1. The van der Waals surface area contributed by atoms with E-state index in [4.69, 9.17) is 9.47 Å². The predicted octanol–water partition coefficient (Wildman–Crippen LogP) is 2.72. The Bertz CT molecular complexity index is 494. The van der Waals surface area contributed by atoms with Gasteiger partial charge in [0.1, 0.15) is 17.1 Å². The molecule has 4 heteroatoms. The molecule has 2 aliphatic rings. The second kappa shape index (κ2) is 4.93. The van der Waals surface area contributed by atoms with Crippen molar-refractivity contribution >= 4 is 0 Å². The van der Waals surface area contributed by atoms with Gasteiger partial charge in [0.2, 0.25) is 0 Å². The maximum Gasteiger partial charge on any atom is 0.128 e. The molecule has 0 radical (unpaired) electrons. The largest absolute Gasteiger partial charge is 0.508 e. The Balaban J connectivity index is 1.94. The minimum atomic E-state index is -0.223. The Morgan fingerprint density at radius 2 is 2.15 bits per heavy atom. The number of likely N-dealkylation sites (N-methyl/N-ethyl adjacent to an activating group) is 1. The average Bonchev–Trinajstić information content (AvgIpc) is 2.89. The first-order valence-corrected chi connectivity index (χ1v) is 7.28. The number of ether oxygens (including phenoxy) is 2. The minimum absolute atomic E-state index is 0.223. The molecule has 4 nitrogen and oxygen atoms in total. The van der Waals surface area contributed by atoms with Crippen molar-refractivity contribution in [3.63, 3.8) is 0 Å². The third-order valence-electron chi connectivity index (χ3n) is 4.40. The summed E-state index contributed by atoms with van der Waals surface area (Å²) < 4.78 is 11.5. The van der Waals surface area contributed by atoms with Crippen molar-refractivity contribution in [2.24, 2.45) is 0 Å². The summed E-state index contributed by atoms with van der Waals surface area (Å²) >= 11 is 0. The Kier molecular flexibility index (Phi) is 3.38. The molecular formula is C16H23NO3. The Hall–Kier alpha value is -1.26. The predicted molar refractivity (Wildman–Crippen MR) is 77.2 cm³/mol. The third-order valence-corrected chi connectivity index (χ3v) is 4.40. The topological polar surface area (TPSA) is 41.9 Å². The summed E-state index contributed by atoms with van der Waals surface area (Å²) in [5.74, 6) is 1.06. The van der Waals surface area contributed by atoms with Crippen molar-refractivity contribution in [1.82, 2.24) is 4.90 Å². The molecule has 0 spiro atoms. The Labute approximate surface area is 120 Å². The van der Waals surface area contributed by atoms with E-state index in [2.05, 4.69) is 25.8 Å². The van der Waals surface area contributed by atoms with Crippen molar-refractivity contribution in [1.29, 1.82) is 0 Å². The molecule has 1 fully saturated rings. The van der Waals surface area contributed by atoms with Crippen LogP contribution in [0.2, 0.25) is 0 Å². The quantitative estimate of drug-likeness (QED) is 0.902. The first-order valence-electron chi connectivity index (χ1n) is 7.28. The number of nitrogens with zero attached hydrogens (tertiary/aromatic N) is 1. The fraction of sp³-hybridized carbons (Fsp3) is 0.625. The van der Waals surface area contributed by atoms with E-state index in [9.17, 15) is 5.11 Å². The van der Waals surface area contributed by atoms with Crippen molar-refractivity contribution in [3.05, 3.63) is 23.8 Å². The summed E-state index contributed by atoms with van der Waals surface area (Å²) in [5.41, 5.74) is 0.940. The molecule has 0 amide bonds.